The summed E-state index contributed by atoms with van der Waals surface area (Å²) in [4.78, 5) is 6.68. The fraction of sp³-hybridized carbons (Fsp3) is 0.0625. The summed E-state index contributed by atoms with van der Waals surface area (Å²) in [5, 5.41) is 0.349. The molecule has 0 unspecified atom stereocenters. The summed E-state index contributed by atoms with van der Waals surface area (Å²) in [5.41, 5.74) is 0.796. The highest BCUT2D eigenvalue weighted by Gasteiger charge is 2.33. The van der Waals surface area contributed by atoms with Gasteiger partial charge in [-0.25, -0.2) is 4.98 Å². The van der Waals surface area contributed by atoms with E-state index in [-0.39, 0.29) is 16.0 Å². The van der Waals surface area contributed by atoms with E-state index in [0.29, 0.717) is 16.8 Å². The predicted molar refractivity (Wildman–Crippen MR) is 84.5 cm³/mol. The molecule has 0 saturated carbocycles. The van der Waals surface area contributed by atoms with Crippen LogP contribution in [0, 0.1) is 0 Å². The van der Waals surface area contributed by atoms with Crippen molar-refractivity contribution in [1.82, 2.24) is 9.97 Å². The Hall–Kier alpha value is -1.98. The van der Waals surface area contributed by atoms with Gasteiger partial charge in [0, 0.05) is 5.56 Å². The Morgan fingerprint density at radius 1 is 0.913 bits per heavy atom. The highest BCUT2D eigenvalue weighted by atomic mass is 35.5. The molecule has 0 amide bonds. The maximum Gasteiger partial charge on any atom is 0.417 e. The molecule has 1 aromatic heterocycles. The van der Waals surface area contributed by atoms with Crippen molar-refractivity contribution in [3.63, 3.8) is 0 Å². The Labute approximate surface area is 139 Å². The number of nitrogens with one attached hydrogen (secondary N) is 1. The van der Waals surface area contributed by atoms with Crippen LogP contribution >= 0.6 is 23.2 Å². The van der Waals surface area contributed by atoms with Gasteiger partial charge in [-0.15, -0.1) is 0 Å². The first kappa shape index (κ1) is 15.9. The molecule has 0 fully saturated rings. The van der Waals surface area contributed by atoms with Gasteiger partial charge in [-0.05, 0) is 34.9 Å². The number of H-pyrrole nitrogens is 1. The average molecular weight is 357 g/mol. The third-order valence-corrected chi connectivity index (χ3v) is 3.76. The van der Waals surface area contributed by atoms with Gasteiger partial charge in [0.1, 0.15) is 10.8 Å². The molecule has 0 aliphatic carbocycles. The maximum atomic E-state index is 13.2. The van der Waals surface area contributed by atoms with E-state index in [0.717, 1.165) is 6.07 Å². The lowest BCUT2D eigenvalue weighted by molar-refractivity contribution is -0.137. The SMILES string of the molecule is FC(F)(F)c1ccccc1-c1cccc(-c2nc(Cl)[nH]c2Cl)c1. The van der Waals surface area contributed by atoms with E-state index in [4.69, 9.17) is 23.2 Å². The van der Waals surface area contributed by atoms with E-state index in [1.807, 2.05) is 0 Å². The number of hydrogen-bond acceptors (Lipinski definition) is 1. The number of aromatic nitrogens is 2. The van der Waals surface area contributed by atoms with Crippen LogP contribution in [0.3, 0.4) is 0 Å². The van der Waals surface area contributed by atoms with Crippen molar-refractivity contribution in [2.24, 2.45) is 0 Å². The Morgan fingerprint density at radius 2 is 1.61 bits per heavy atom. The summed E-state index contributed by atoms with van der Waals surface area (Å²) in [7, 11) is 0. The van der Waals surface area contributed by atoms with Crippen molar-refractivity contribution in [2.45, 2.75) is 6.18 Å². The van der Waals surface area contributed by atoms with Gasteiger partial charge in [0.15, 0.2) is 0 Å². The van der Waals surface area contributed by atoms with Crippen LogP contribution in [0.2, 0.25) is 10.4 Å². The summed E-state index contributed by atoms with van der Waals surface area (Å²) in [6.45, 7) is 0. The monoisotopic (exact) mass is 356 g/mol. The molecule has 0 radical (unpaired) electrons. The molecular formula is C16H9Cl2F3N2. The van der Waals surface area contributed by atoms with Crippen molar-refractivity contribution in [3.05, 3.63) is 64.5 Å². The van der Waals surface area contributed by atoms with Gasteiger partial charge in [-0.1, -0.05) is 48.0 Å². The van der Waals surface area contributed by atoms with Crippen LogP contribution in [0.4, 0.5) is 13.2 Å². The molecule has 0 aliphatic rings. The molecule has 2 nitrogen and oxygen atoms in total. The molecule has 3 rings (SSSR count). The molecule has 1 N–H and O–H groups in total. The zero-order valence-electron chi connectivity index (χ0n) is 11.5. The molecule has 0 bridgehead atoms. The summed E-state index contributed by atoms with van der Waals surface area (Å²) >= 11 is 11.8. The van der Waals surface area contributed by atoms with Gasteiger partial charge in [0.25, 0.3) is 0 Å². The minimum Gasteiger partial charge on any atom is -0.319 e. The van der Waals surface area contributed by atoms with Gasteiger partial charge in [0.2, 0.25) is 5.28 Å². The van der Waals surface area contributed by atoms with Gasteiger partial charge < -0.3 is 4.98 Å². The number of imidazole rings is 1. The largest absolute Gasteiger partial charge is 0.417 e. The summed E-state index contributed by atoms with van der Waals surface area (Å²) in [6.07, 6.45) is -4.43. The van der Waals surface area contributed by atoms with Crippen molar-refractivity contribution in [3.8, 4) is 22.4 Å². The van der Waals surface area contributed by atoms with Crippen molar-refractivity contribution in [2.75, 3.05) is 0 Å². The lowest BCUT2D eigenvalue weighted by Crippen LogP contribution is -2.06. The first-order valence-corrected chi connectivity index (χ1v) is 7.30. The fourth-order valence-electron chi connectivity index (χ4n) is 2.33. The third-order valence-electron chi connectivity index (χ3n) is 3.31. The Balaban J connectivity index is 2.13. The van der Waals surface area contributed by atoms with Gasteiger partial charge >= 0.3 is 6.18 Å². The van der Waals surface area contributed by atoms with Gasteiger partial charge in [0.05, 0.1) is 5.56 Å². The molecule has 7 heteroatoms. The molecule has 23 heavy (non-hydrogen) atoms. The Kier molecular flexibility index (Phi) is 4.08. The molecular weight excluding hydrogens is 348 g/mol. The topological polar surface area (TPSA) is 28.7 Å². The van der Waals surface area contributed by atoms with Crippen LogP contribution in [-0.4, -0.2) is 9.97 Å². The molecule has 2 aromatic carbocycles. The number of hydrogen-bond donors (Lipinski definition) is 1. The Morgan fingerprint density at radius 3 is 2.26 bits per heavy atom. The molecule has 0 saturated heterocycles. The van der Waals surface area contributed by atoms with Crippen LogP contribution in [0.15, 0.2) is 48.5 Å². The van der Waals surface area contributed by atoms with E-state index in [1.54, 1.807) is 30.3 Å². The third kappa shape index (κ3) is 3.21. The second-order valence-electron chi connectivity index (χ2n) is 4.81. The number of nitrogens with zero attached hydrogens (tertiary/aromatic N) is 1. The van der Waals surface area contributed by atoms with E-state index in [9.17, 15) is 13.2 Å². The highest BCUT2D eigenvalue weighted by molar-refractivity contribution is 6.34. The standard InChI is InChI=1S/C16H9Cl2F3N2/c17-14-13(22-15(18)23-14)10-5-3-4-9(8-10)11-6-1-2-7-12(11)16(19,20)21/h1-8H,(H,22,23). The second kappa shape index (κ2) is 5.91. The first-order valence-electron chi connectivity index (χ1n) is 6.54. The smallest absolute Gasteiger partial charge is 0.319 e. The van der Waals surface area contributed by atoms with Crippen LogP contribution in [-0.2, 0) is 6.18 Å². The molecule has 1 heterocycles. The van der Waals surface area contributed by atoms with Crippen LogP contribution in [0.5, 0.6) is 0 Å². The summed E-state index contributed by atoms with van der Waals surface area (Å²) in [5.74, 6) is 0. The fourth-order valence-corrected chi connectivity index (χ4v) is 2.80. The van der Waals surface area contributed by atoms with E-state index >= 15 is 0 Å². The first-order chi connectivity index (χ1) is 10.9. The molecule has 0 spiro atoms. The highest BCUT2D eigenvalue weighted by Crippen LogP contribution is 2.38. The van der Waals surface area contributed by atoms with Crippen LogP contribution in [0.1, 0.15) is 5.56 Å². The summed E-state index contributed by atoms with van der Waals surface area (Å²) in [6, 6.07) is 12.0. The number of aromatic amines is 1. The lowest BCUT2D eigenvalue weighted by atomic mass is 9.97. The zero-order chi connectivity index (χ0) is 16.6. The predicted octanol–water partition coefficient (Wildman–Crippen LogP) is 6.07. The van der Waals surface area contributed by atoms with Crippen LogP contribution in [0.25, 0.3) is 22.4 Å². The quantitative estimate of drug-likeness (QED) is 0.593. The van der Waals surface area contributed by atoms with Gasteiger partial charge in [-0.2, -0.15) is 13.2 Å². The van der Waals surface area contributed by atoms with E-state index in [1.165, 1.54) is 12.1 Å². The summed E-state index contributed by atoms with van der Waals surface area (Å²) < 4.78 is 39.5. The van der Waals surface area contributed by atoms with Crippen LogP contribution < -0.4 is 0 Å². The van der Waals surface area contributed by atoms with Crippen molar-refractivity contribution < 1.29 is 13.2 Å². The Bertz CT molecular complexity index is 857. The minimum absolute atomic E-state index is 0.0969. The average Bonchev–Trinajstić information content (AvgIpc) is 2.85. The van der Waals surface area contributed by atoms with Crippen molar-refractivity contribution in [1.29, 1.82) is 0 Å². The maximum absolute atomic E-state index is 13.2. The number of rotatable bonds is 2. The molecule has 0 aliphatic heterocycles. The minimum atomic E-state index is -4.43. The number of benzene rings is 2. The number of alkyl halides is 3. The van der Waals surface area contributed by atoms with E-state index < -0.39 is 11.7 Å². The molecule has 0 atom stereocenters. The normalized spacial score (nSPS) is 11.7. The lowest BCUT2D eigenvalue weighted by Gasteiger charge is -2.13. The molecule has 118 valence electrons. The zero-order valence-corrected chi connectivity index (χ0v) is 13.0. The molecule has 3 aromatic rings. The van der Waals surface area contributed by atoms with Crippen molar-refractivity contribution >= 4 is 23.2 Å². The van der Waals surface area contributed by atoms with Gasteiger partial charge in [-0.3, -0.25) is 0 Å². The van der Waals surface area contributed by atoms with E-state index in [2.05, 4.69) is 9.97 Å². The number of halogens is 5. The second-order valence-corrected chi connectivity index (χ2v) is 5.55.